The zero-order valence-electron chi connectivity index (χ0n) is 12.1. The van der Waals surface area contributed by atoms with E-state index in [1.807, 2.05) is 11.8 Å². The molecule has 2 fully saturated rings. The number of urea groups is 1. The first kappa shape index (κ1) is 13.4. The van der Waals surface area contributed by atoms with Crippen molar-refractivity contribution in [1.29, 1.82) is 0 Å². The number of rotatable bonds is 3. The monoisotopic (exact) mass is 273 g/mol. The third-order valence-electron chi connectivity index (χ3n) is 4.43. The number of amides is 2. The van der Waals surface area contributed by atoms with Gasteiger partial charge in [0.05, 0.1) is 0 Å². The molecule has 0 spiro atoms. The second-order valence-corrected chi connectivity index (χ2v) is 5.94. The molecule has 0 aliphatic carbocycles. The smallest absolute Gasteiger partial charge is 0.317 e. The number of likely N-dealkylation sites (tertiary alicyclic amines) is 2. The standard InChI is InChI=1S/C16H23N3O/c1-2-17-16(20)19-11-14-9-18(10-15(14)12-19)8-13-6-4-3-5-7-13/h3-7,14-15H,2,8-12H2,1H3,(H,17,20)/t14-,15+. The van der Waals surface area contributed by atoms with Crippen LogP contribution in [0.3, 0.4) is 0 Å². The summed E-state index contributed by atoms with van der Waals surface area (Å²) in [6.45, 7) is 7.80. The molecule has 0 aromatic heterocycles. The van der Waals surface area contributed by atoms with Crippen molar-refractivity contribution in [3.05, 3.63) is 35.9 Å². The number of carbonyl (C=O) groups is 1. The highest BCUT2D eigenvalue weighted by Crippen LogP contribution is 2.31. The van der Waals surface area contributed by atoms with Crippen molar-refractivity contribution in [2.24, 2.45) is 11.8 Å². The molecular formula is C16H23N3O. The van der Waals surface area contributed by atoms with Crippen molar-refractivity contribution in [3.8, 4) is 0 Å². The molecule has 0 unspecified atom stereocenters. The lowest BCUT2D eigenvalue weighted by molar-refractivity contribution is 0.199. The Morgan fingerprint density at radius 3 is 2.40 bits per heavy atom. The first-order valence-electron chi connectivity index (χ1n) is 7.55. The zero-order valence-corrected chi connectivity index (χ0v) is 12.1. The van der Waals surface area contributed by atoms with Gasteiger partial charge in [-0.1, -0.05) is 30.3 Å². The van der Waals surface area contributed by atoms with Crippen LogP contribution < -0.4 is 5.32 Å². The van der Waals surface area contributed by atoms with Gasteiger partial charge in [0.1, 0.15) is 0 Å². The van der Waals surface area contributed by atoms with Crippen LogP contribution in [-0.2, 0) is 6.54 Å². The number of hydrogen-bond donors (Lipinski definition) is 1. The lowest BCUT2D eigenvalue weighted by Gasteiger charge is -2.21. The SMILES string of the molecule is CCNC(=O)N1C[C@H]2CN(Cc3ccccc3)C[C@H]2C1. The van der Waals surface area contributed by atoms with Gasteiger partial charge in [-0.05, 0) is 24.3 Å². The molecule has 1 aromatic carbocycles. The molecule has 2 heterocycles. The van der Waals surface area contributed by atoms with Crippen LogP contribution in [0.5, 0.6) is 0 Å². The summed E-state index contributed by atoms with van der Waals surface area (Å²) >= 11 is 0. The molecule has 2 amide bonds. The minimum absolute atomic E-state index is 0.108. The number of nitrogens with one attached hydrogen (secondary N) is 1. The highest BCUT2D eigenvalue weighted by Gasteiger charge is 2.41. The largest absolute Gasteiger partial charge is 0.338 e. The van der Waals surface area contributed by atoms with Crippen molar-refractivity contribution >= 4 is 6.03 Å². The summed E-state index contributed by atoms with van der Waals surface area (Å²) in [5, 5.41) is 2.90. The highest BCUT2D eigenvalue weighted by atomic mass is 16.2. The summed E-state index contributed by atoms with van der Waals surface area (Å²) < 4.78 is 0. The Bertz CT molecular complexity index is 448. The van der Waals surface area contributed by atoms with Crippen LogP contribution in [0, 0.1) is 11.8 Å². The Labute approximate surface area is 120 Å². The van der Waals surface area contributed by atoms with E-state index in [0.717, 1.165) is 32.7 Å². The molecule has 2 aliphatic heterocycles. The minimum atomic E-state index is 0.108. The molecule has 20 heavy (non-hydrogen) atoms. The molecule has 4 heteroatoms. The van der Waals surface area contributed by atoms with Gasteiger partial charge in [0, 0.05) is 39.3 Å². The van der Waals surface area contributed by atoms with Gasteiger partial charge in [0.25, 0.3) is 0 Å². The van der Waals surface area contributed by atoms with E-state index >= 15 is 0 Å². The molecule has 1 aromatic rings. The molecule has 4 nitrogen and oxygen atoms in total. The van der Waals surface area contributed by atoms with E-state index in [9.17, 15) is 4.79 Å². The van der Waals surface area contributed by atoms with Gasteiger partial charge in [-0.2, -0.15) is 0 Å². The molecule has 2 saturated heterocycles. The van der Waals surface area contributed by atoms with E-state index in [-0.39, 0.29) is 6.03 Å². The Hall–Kier alpha value is -1.55. The maximum Gasteiger partial charge on any atom is 0.317 e. The molecule has 1 N–H and O–H groups in total. The molecule has 3 rings (SSSR count). The lowest BCUT2D eigenvalue weighted by atomic mass is 10.0. The summed E-state index contributed by atoms with van der Waals surface area (Å²) in [6, 6.07) is 10.7. The summed E-state index contributed by atoms with van der Waals surface area (Å²) in [5.41, 5.74) is 1.38. The average molecular weight is 273 g/mol. The molecular weight excluding hydrogens is 250 g/mol. The quantitative estimate of drug-likeness (QED) is 0.911. The van der Waals surface area contributed by atoms with Crippen LogP contribution in [-0.4, -0.2) is 48.6 Å². The second-order valence-electron chi connectivity index (χ2n) is 5.94. The minimum Gasteiger partial charge on any atom is -0.338 e. The van der Waals surface area contributed by atoms with Crippen molar-refractivity contribution in [2.45, 2.75) is 13.5 Å². The second kappa shape index (κ2) is 5.83. The van der Waals surface area contributed by atoms with Crippen molar-refractivity contribution in [2.75, 3.05) is 32.7 Å². The normalized spacial score (nSPS) is 25.8. The van der Waals surface area contributed by atoms with Gasteiger partial charge in [0.15, 0.2) is 0 Å². The summed E-state index contributed by atoms with van der Waals surface area (Å²) in [6.07, 6.45) is 0. The van der Waals surface area contributed by atoms with Crippen LogP contribution in [0.15, 0.2) is 30.3 Å². The fraction of sp³-hybridized carbons (Fsp3) is 0.562. The predicted molar refractivity (Wildman–Crippen MR) is 79.3 cm³/mol. The lowest BCUT2D eigenvalue weighted by Crippen LogP contribution is -2.40. The third-order valence-corrected chi connectivity index (χ3v) is 4.43. The number of carbonyl (C=O) groups excluding carboxylic acids is 1. The highest BCUT2D eigenvalue weighted by molar-refractivity contribution is 5.74. The van der Waals surface area contributed by atoms with Gasteiger partial charge in [0.2, 0.25) is 0 Å². The molecule has 108 valence electrons. The van der Waals surface area contributed by atoms with Gasteiger partial charge in [-0.3, -0.25) is 4.90 Å². The van der Waals surface area contributed by atoms with E-state index in [1.54, 1.807) is 0 Å². The van der Waals surface area contributed by atoms with Crippen LogP contribution in [0.2, 0.25) is 0 Å². The predicted octanol–water partition coefficient (Wildman–Crippen LogP) is 1.78. The van der Waals surface area contributed by atoms with Crippen molar-refractivity contribution < 1.29 is 4.79 Å². The average Bonchev–Trinajstić information content (AvgIpc) is 2.98. The van der Waals surface area contributed by atoms with E-state index < -0.39 is 0 Å². The van der Waals surface area contributed by atoms with Gasteiger partial charge < -0.3 is 10.2 Å². The maximum absolute atomic E-state index is 11.9. The number of nitrogens with zero attached hydrogens (tertiary/aromatic N) is 2. The Morgan fingerprint density at radius 2 is 1.80 bits per heavy atom. The maximum atomic E-state index is 11.9. The van der Waals surface area contributed by atoms with Crippen LogP contribution in [0.25, 0.3) is 0 Å². The first-order valence-corrected chi connectivity index (χ1v) is 7.55. The third kappa shape index (κ3) is 2.80. The summed E-state index contributed by atoms with van der Waals surface area (Å²) in [4.78, 5) is 16.4. The van der Waals surface area contributed by atoms with Crippen LogP contribution >= 0.6 is 0 Å². The fourth-order valence-electron chi connectivity index (χ4n) is 3.49. The van der Waals surface area contributed by atoms with Gasteiger partial charge >= 0.3 is 6.03 Å². The first-order chi connectivity index (χ1) is 9.76. The number of benzene rings is 1. The molecule has 2 atom stereocenters. The molecule has 0 bridgehead atoms. The Morgan fingerprint density at radius 1 is 1.15 bits per heavy atom. The van der Waals surface area contributed by atoms with Crippen LogP contribution in [0.1, 0.15) is 12.5 Å². The van der Waals surface area contributed by atoms with E-state index in [2.05, 4.69) is 40.5 Å². The van der Waals surface area contributed by atoms with E-state index in [1.165, 1.54) is 5.56 Å². The Kier molecular flexibility index (Phi) is 3.92. The number of hydrogen-bond acceptors (Lipinski definition) is 2. The summed E-state index contributed by atoms with van der Waals surface area (Å²) in [5.74, 6) is 1.31. The van der Waals surface area contributed by atoms with Crippen LogP contribution in [0.4, 0.5) is 4.79 Å². The molecule has 2 aliphatic rings. The zero-order chi connectivity index (χ0) is 13.9. The molecule has 0 radical (unpaired) electrons. The van der Waals surface area contributed by atoms with Crippen molar-refractivity contribution in [3.63, 3.8) is 0 Å². The van der Waals surface area contributed by atoms with Gasteiger partial charge in [-0.25, -0.2) is 4.79 Å². The summed E-state index contributed by atoms with van der Waals surface area (Å²) in [7, 11) is 0. The Balaban J connectivity index is 1.52. The fourth-order valence-corrected chi connectivity index (χ4v) is 3.49. The van der Waals surface area contributed by atoms with E-state index in [0.29, 0.717) is 18.4 Å². The van der Waals surface area contributed by atoms with Gasteiger partial charge in [-0.15, -0.1) is 0 Å². The topological polar surface area (TPSA) is 35.6 Å². The van der Waals surface area contributed by atoms with E-state index in [4.69, 9.17) is 0 Å². The molecule has 0 saturated carbocycles. The van der Waals surface area contributed by atoms with Crippen molar-refractivity contribution in [1.82, 2.24) is 15.1 Å². The number of fused-ring (bicyclic) bond motifs is 1.